The molecule has 0 aliphatic heterocycles. The minimum atomic E-state index is 0.328. The molecule has 4 N–H and O–H groups in total. The molecule has 1 aromatic carbocycles. The zero-order valence-corrected chi connectivity index (χ0v) is 7.37. The van der Waals surface area contributed by atoms with Gasteiger partial charge in [0.25, 0.3) is 0 Å². The smallest absolute Gasteiger partial charge is 0.0997 e. The maximum absolute atomic E-state index is 8.78. The van der Waals surface area contributed by atoms with Crippen molar-refractivity contribution in [1.82, 2.24) is 0 Å². The lowest BCUT2D eigenvalue weighted by molar-refractivity contribution is 0.185. The number of benzene rings is 1. The summed E-state index contributed by atoms with van der Waals surface area (Å²) in [6, 6.07) is 5.23. The Morgan fingerprint density at radius 2 is 2.15 bits per heavy atom. The summed E-state index contributed by atoms with van der Waals surface area (Å²) in [5.74, 6) is 0. The zero-order chi connectivity index (χ0) is 9.84. The Labute approximate surface area is 76.7 Å². The average Bonchev–Trinajstić information content (AvgIpc) is 2.09. The average molecular weight is 177 g/mol. The monoisotopic (exact) mass is 177 g/mol. The summed E-state index contributed by atoms with van der Waals surface area (Å²) >= 11 is 0. The van der Waals surface area contributed by atoms with Gasteiger partial charge in [0.05, 0.1) is 18.2 Å². The number of hydrogen-bond acceptors (Lipinski definition) is 4. The van der Waals surface area contributed by atoms with E-state index in [1.807, 2.05) is 6.07 Å². The molecule has 0 amide bonds. The fourth-order valence-corrected chi connectivity index (χ4v) is 1.12. The Balaban J connectivity index is 3.23. The molecule has 13 heavy (non-hydrogen) atoms. The first kappa shape index (κ1) is 9.36. The molecule has 0 aliphatic rings. The Morgan fingerprint density at radius 1 is 1.46 bits per heavy atom. The van der Waals surface area contributed by atoms with Crippen molar-refractivity contribution in [3.8, 4) is 6.07 Å². The number of nitrogens with zero attached hydrogens (tertiary/aromatic N) is 1. The highest BCUT2D eigenvalue weighted by Crippen LogP contribution is 2.21. The molecule has 0 spiro atoms. The van der Waals surface area contributed by atoms with Crippen molar-refractivity contribution < 1.29 is 4.74 Å². The van der Waals surface area contributed by atoms with Gasteiger partial charge >= 0.3 is 0 Å². The van der Waals surface area contributed by atoms with Crippen LogP contribution in [0.3, 0.4) is 0 Å². The number of ether oxygens (including phenoxy) is 1. The van der Waals surface area contributed by atoms with Crippen LogP contribution < -0.4 is 11.5 Å². The summed E-state index contributed by atoms with van der Waals surface area (Å²) < 4.78 is 4.92. The van der Waals surface area contributed by atoms with Gasteiger partial charge in [-0.1, -0.05) is 0 Å². The quantitative estimate of drug-likeness (QED) is 0.656. The van der Waals surface area contributed by atoms with Crippen LogP contribution in [0.25, 0.3) is 0 Å². The molecule has 0 aromatic heterocycles. The molecule has 0 bridgehead atoms. The maximum Gasteiger partial charge on any atom is 0.0997 e. The van der Waals surface area contributed by atoms with Crippen molar-refractivity contribution in [1.29, 1.82) is 5.26 Å². The largest absolute Gasteiger partial charge is 0.399 e. The predicted molar refractivity (Wildman–Crippen MR) is 50.7 cm³/mol. The summed E-state index contributed by atoms with van der Waals surface area (Å²) in [5, 5.41) is 8.78. The van der Waals surface area contributed by atoms with Crippen LogP contribution in [0.2, 0.25) is 0 Å². The molecule has 0 unspecified atom stereocenters. The van der Waals surface area contributed by atoms with E-state index in [0.29, 0.717) is 29.1 Å². The highest BCUT2D eigenvalue weighted by molar-refractivity contribution is 5.63. The fraction of sp³-hybridized carbons (Fsp3) is 0.222. The van der Waals surface area contributed by atoms with Gasteiger partial charge in [-0.05, 0) is 12.1 Å². The number of nitriles is 1. The minimum absolute atomic E-state index is 0.328. The Morgan fingerprint density at radius 3 is 2.69 bits per heavy atom. The van der Waals surface area contributed by atoms with Crippen LogP contribution in [0.4, 0.5) is 11.4 Å². The van der Waals surface area contributed by atoms with Gasteiger partial charge in [-0.2, -0.15) is 5.26 Å². The second kappa shape index (κ2) is 3.78. The predicted octanol–water partition coefficient (Wildman–Crippen LogP) is 0.869. The number of methoxy groups -OCH3 is 1. The summed E-state index contributed by atoms with van der Waals surface area (Å²) in [7, 11) is 1.55. The maximum atomic E-state index is 8.78. The van der Waals surface area contributed by atoms with Crippen LogP contribution in [0, 0.1) is 11.3 Å². The third-order valence-corrected chi connectivity index (χ3v) is 1.72. The summed E-state index contributed by atoms with van der Waals surface area (Å²) in [5.41, 5.74) is 13.4. The highest BCUT2D eigenvalue weighted by Gasteiger charge is 2.06. The molecule has 0 radical (unpaired) electrons. The SMILES string of the molecule is COCc1c(N)cc(N)cc1C#N. The summed E-state index contributed by atoms with van der Waals surface area (Å²) in [4.78, 5) is 0. The lowest BCUT2D eigenvalue weighted by Crippen LogP contribution is -2.01. The molecular formula is C9H11N3O. The van der Waals surface area contributed by atoms with Gasteiger partial charge in [0.2, 0.25) is 0 Å². The highest BCUT2D eigenvalue weighted by atomic mass is 16.5. The van der Waals surface area contributed by atoms with E-state index in [-0.39, 0.29) is 0 Å². The molecule has 68 valence electrons. The number of nitrogen functional groups attached to an aromatic ring is 2. The first-order chi connectivity index (χ1) is 6.19. The van der Waals surface area contributed by atoms with Crippen LogP contribution in [-0.2, 0) is 11.3 Å². The molecule has 0 atom stereocenters. The first-order valence-electron chi connectivity index (χ1n) is 3.76. The molecule has 0 saturated heterocycles. The van der Waals surface area contributed by atoms with Gasteiger partial charge in [-0.3, -0.25) is 0 Å². The normalized spacial score (nSPS) is 9.54. The molecule has 0 aliphatic carbocycles. The van der Waals surface area contributed by atoms with Gasteiger partial charge in [0.1, 0.15) is 0 Å². The standard InChI is InChI=1S/C9H11N3O/c1-13-5-8-6(4-10)2-7(11)3-9(8)12/h2-3H,5,11-12H2,1H3. The van der Waals surface area contributed by atoms with Crippen LogP contribution in [-0.4, -0.2) is 7.11 Å². The van der Waals surface area contributed by atoms with E-state index >= 15 is 0 Å². The summed E-state index contributed by atoms with van der Waals surface area (Å²) in [6.45, 7) is 0.328. The molecule has 0 heterocycles. The molecule has 1 aromatic rings. The molecule has 4 heteroatoms. The second-order valence-electron chi connectivity index (χ2n) is 2.68. The molecule has 4 nitrogen and oxygen atoms in total. The Kier molecular flexibility index (Phi) is 2.72. The van der Waals surface area contributed by atoms with Crippen molar-refractivity contribution >= 4 is 11.4 Å². The number of hydrogen-bond donors (Lipinski definition) is 2. The first-order valence-corrected chi connectivity index (χ1v) is 3.76. The van der Waals surface area contributed by atoms with Gasteiger partial charge in [0.15, 0.2) is 0 Å². The van der Waals surface area contributed by atoms with Crippen molar-refractivity contribution in [3.63, 3.8) is 0 Å². The van der Waals surface area contributed by atoms with Crippen molar-refractivity contribution in [2.45, 2.75) is 6.61 Å². The van der Waals surface area contributed by atoms with Crippen molar-refractivity contribution in [2.24, 2.45) is 0 Å². The van der Waals surface area contributed by atoms with E-state index in [2.05, 4.69) is 0 Å². The van der Waals surface area contributed by atoms with Gasteiger partial charge < -0.3 is 16.2 Å². The van der Waals surface area contributed by atoms with Gasteiger partial charge in [0, 0.05) is 24.0 Å². The van der Waals surface area contributed by atoms with E-state index in [4.69, 9.17) is 21.5 Å². The van der Waals surface area contributed by atoms with Gasteiger partial charge in [-0.25, -0.2) is 0 Å². The number of rotatable bonds is 2. The van der Waals surface area contributed by atoms with Crippen LogP contribution in [0.15, 0.2) is 12.1 Å². The minimum Gasteiger partial charge on any atom is -0.399 e. The third-order valence-electron chi connectivity index (χ3n) is 1.72. The van der Waals surface area contributed by atoms with Crippen molar-refractivity contribution in [2.75, 3.05) is 18.6 Å². The van der Waals surface area contributed by atoms with Gasteiger partial charge in [-0.15, -0.1) is 0 Å². The molecule has 1 rings (SSSR count). The lowest BCUT2D eigenvalue weighted by Gasteiger charge is -2.07. The van der Waals surface area contributed by atoms with E-state index in [1.165, 1.54) is 0 Å². The van der Waals surface area contributed by atoms with E-state index in [0.717, 1.165) is 0 Å². The van der Waals surface area contributed by atoms with E-state index in [9.17, 15) is 0 Å². The van der Waals surface area contributed by atoms with E-state index in [1.54, 1.807) is 19.2 Å². The second-order valence-corrected chi connectivity index (χ2v) is 2.68. The Hall–Kier alpha value is -1.73. The topological polar surface area (TPSA) is 85.1 Å². The number of anilines is 2. The fourth-order valence-electron chi connectivity index (χ4n) is 1.12. The molecule has 0 fully saturated rings. The molecular weight excluding hydrogens is 166 g/mol. The van der Waals surface area contributed by atoms with Crippen LogP contribution in [0.5, 0.6) is 0 Å². The lowest BCUT2D eigenvalue weighted by atomic mass is 10.1. The Bertz CT molecular complexity index is 355. The summed E-state index contributed by atoms with van der Waals surface area (Å²) in [6.07, 6.45) is 0. The third kappa shape index (κ3) is 1.89. The zero-order valence-electron chi connectivity index (χ0n) is 7.37. The van der Waals surface area contributed by atoms with Crippen molar-refractivity contribution in [3.05, 3.63) is 23.3 Å². The van der Waals surface area contributed by atoms with Crippen LogP contribution in [0.1, 0.15) is 11.1 Å². The number of nitrogens with two attached hydrogens (primary N) is 2. The van der Waals surface area contributed by atoms with E-state index < -0.39 is 0 Å². The molecule has 0 saturated carbocycles. The van der Waals surface area contributed by atoms with Crippen LogP contribution >= 0.6 is 0 Å².